The van der Waals surface area contributed by atoms with E-state index in [-0.39, 0.29) is 6.04 Å². The van der Waals surface area contributed by atoms with Gasteiger partial charge in [0.15, 0.2) is 0 Å². The van der Waals surface area contributed by atoms with Crippen LogP contribution in [0, 0.1) is 20.8 Å². The fourth-order valence-electron chi connectivity index (χ4n) is 2.51. The summed E-state index contributed by atoms with van der Waals surface area (Å²) in [4.78, 5) is 0. The van der Waals surface area contributed by atoms with Crippen molar-refractivity contribution in [2.24, 2.45) is 5.84 Å². The molecule has 0 saturated heterocycles. The minimum Gasteiger partial charge on any atom is -0.271 e. The first kappa shape index (κ1) is 14.3. The smallest absolute Gasteiger partial charge is 0.0712 e. The number of aryl methyl sites for hydroxylation is 3. The molecule has 19 heavy (non-hydrogen) atoms. The van der Waals surface area contributed by atoms with E-state index < -0.39 is 0 Å². The number of rotatable bonds is 3. The van der Waals surface area contributed by atoms with Crippen molar-refractivity contribution in [3.63, 3.8) is 0 Å². The van der Waals surface area contributed by atoms with E-state index in [1.54, 1.807) is 0 Å². The van der Waals surface area contributed by atoms with E-state index in [4.69, 9.17) is 5.84 Å². The topological polar surface area (TPSA) is 38.0 Å². The van der Waals surface area contributed by atoms with Crippen molar-refractivity contribution in [3.05, 3.63) is 68.7 Å². The van der Waals surface area contributed by atoms with E-state index in [9.17, 15) is 0 Å². The SMILES string of the molecule is Cc1cc(C)cc(C(NN)c2ccc(Br)cc2C)c1. The van der Waals surface area contributed by atoms with Crippen molar-refractivity contribution in [2.75, 3.05) is 0 Å². The second-order valence-corrected chi connectivity index (χ2v) is 5.94. The lowest BCUT2D eigenvalue weighted by molar-refractivity contribution is 0.633. The quantitative estimate of drug-likeness (QED) is 0.664. The average Bonchev–Trinajstić information content (AvgIpc) is 2.31. The van der Waals surface area contributed by atoms with Gasteiger partial charge >= 0.3 is 0 Å². The maximum atomic E-state index is 5.78. The molecule has 0 heterocycles. The molecule has 1 atom stereocenters. The van der Waals surface area contributed by atoms with Crippen molar-refractivity contribution in [1.82, 2.24) is 5.43 Å². The molecule has 0 amide bonds. The predicted octanol–water partition coefficient (Wildman–Crippen LogP) is 3.93. The van der Waals surface area contributed by atoms with Gasteiger partial charge in [0, 0.05) is 4.47 Å². The second-order valence-electron chi connectivity index (χ2n) is 5.02. The first-order valence-corrected chi connectivity index (χ1v) is 7.11. The van der Waals surface area contributed by atoms with Crippen LogP contribution in [0.25, 0.3) is 0 Å². The molecule has 0 aliphatic heterocycles. The Morgan fingerprint density at radius 1 is 1.00 bits per heavy atom. The van der Waals surface area contributed by atoms with E-state index in [1.807, 2.05) is 0 Å². The summed E-state index contributed by atoms with van der Waals surface area (Å²) in [6.07, 6.45) is 0. The zero-order valence-electron chi connectivity index (χ0n) is 11.5. The zero-order chi connectivity index (χ0) is 14.0. The van der Waals surface area contributed by atoms with Gasteiger partial charge in [-0.1, -0.05) is 51.3 Å². The minimum atomic E-state index is 0.0201. The van der Waals surface area contributed by atoms with Crippen LogP contribution in [0.3, 0.4) is 0 Å². The number of nitrogens with one attached hydrogen (secondary N) is 1. The van der Waals surface area contributed by atoms with Gasteiger partial charge in [-0.2, -0.15) is 0 Å². The normalized spacial score (nSPS) is 12.5. The highest BCUT2D eigenvalue weighted by Gasteiger charge is 2.15. The van der Waals surface area contributed by atoms with Gasteiger partial charge < -0.3 is 0 Å². The molecule has 2 aromatic rings. The molecule has 2 aromatic carbocycles. The molecule has 3 N–H and O–H groups in total. The van der Waals surface area contributed by atoms with Crippen molar-refractivity contribution in [2.45, 2.75) is 26.8 Å². The first-order valence-electron chi connectivity index (χ1n) is 6.31. The van der Waals surface area contributed by atoms with Gasteiger partial charge in [-0.15, -0.1) is 0 Å². The number of nitrogens with two attached hydrogens (primary N) is 1. The van der Waals surface area contributed by atoms with Gasteiger partial charge in [0.2, 0.25) is 0 Å². The van der Waals surface area contributed by atoms with Gasteiger partial charge in [-0.05, 0) is 49.6 Å². The standard InChI is InChI=1S/C16H19BrN2/c1-10-6-11(2)8-13(7-10)16(19-18)15-5-4-14(17)9-12(15)3/h4-9,16,19H,18H2,1-3H3. The molecule has 0 aromatic heterocycles. The van der Waals surface area contributed by atoms with E-state index in [0.29, 0.717) is 0 Å². The number of halogens is 1. The van der Waals surface area contributed by atoms with E-state index in [1.165, 1.54) is 27.8 Å². The molecule has 0 saturated carbocycles. The van der Waals surface area contributed by atoms with E-state index in [2.05, 4.69) is 78.5 Å². The highest BCUT2D eigenvalue weighted by atomic mass is 79.9. The summed E-state index contributed by atoms with van der Waals surface area (Å²) >= 11 is 3.50. The highest BCUT2D eigenvalue weighted by molar-refractivity contribution is 9.10. The molecule has 1 unspecified atom stereocenters. The number of hydrazine groups is 1. The summed E-state index contributed by atoms with van der Waals surface area (Å²) in [5.41, 5.74) is 9.07. The lowest BCUT2D eigenvalue weighted by atomic mass is 9.93. The fraction of sp³-hybridized carbons (Fsp3) is 0.250. The summed E-state index contributed by atoms with van der Waals surface area (Å²) < 4.78 is 1.09. The molecule has 0 fully saturated rings. The Morgan fingerprint density at radius 3 is 2.16 bits per heavy atom. The molecular formula is C16H19BrN2. The van der Waals surface area contributed by atoms with Gasteiger partial charge in [-0.25, -0.2) is 5.43 Å². The molecule has 100 valence electrons. The van der Waals surface area contributed by atoms with Crippen molar-refractivity contribution >= 4 is 15.9 Å². The van der Waals surface area contributed by atoms with Crippen LogP contribution < -0.4 is 11.3 Å². The third kappa shape index (κ3) is 3.24. The molecule has 0 spiro atoms. The Labute approximate surface area is 123 Å². The Kier molecular flexibility index (Phi) is 4.40. The van der Waals surface area contributed by atoms with Gasteiger partial charge in [0.25, 0.3) is 0 Å². The predicted molar refractivity (Wildman–Crippen MR) is 84.0 cm³/mol. The largest absolute Gasteiger partial charge is 0.271 e. The summed E-state index contributed by atoms with van der Waals surface area (Å²) in [6.45, 7) is 6.32. The van der Waals surface area contributed by atoms with Gasteiger partial charge in [0.05, 0.1) is 6.04 Å². The molecule has 2 rings (SSSR count). The average molecular weight is 319 g/mol. The molecule has 2 nitrogen and oxygen atoms in total. The van der Waals surface area contributed by atoms with Crippen LogP contribution in [-0.4, -0.2) is 0 Å². The fourth-order valence-corrected chi connectivity index (χ4v) is 2.98. The lowest BCUT2D eigenvalue weighted by Gasteiger charge is -2.20. The maximum absolute atomic E-state index is 5.78. The molecule has 0 bridgehead atoms. The van der Waals surface area contributed by atoms with Crippen LogP contribution in [0.4, 0.5) is 0 Å². The van der Waals surface area contributed by atoms with E-state index >= 15 is 0 Å². The molecular weight excluding hydrogens is 300 g/mol. The molecule has 3 heteroatoms. The van der Waals surface area contributed by atoms with Crippen LogP contribution in [0.2, 0.25) is 0 Å². The third-order valence-corrected chi connectivity index (χ3v) is 3.78. The maximum Gasteiger partial charge on any atom is 0.0712 e. The minimum absolute atomic E-state index is 0.0201. The summed E-state index contributed by atoms with van der Waals surface area (Å²) in [5.74, 6) is 5.78. The van der Waals surface area contributed by atoms with Crippen molar-refractivity contribution in [3.8, 4) is 0 Å². The van der Waals surface area contributed by atoms with Gasteiger partial charge in [-0.3, -0.25) is 5.84 Å². The van der Waals surface area contributed by atoms with E-state index in [0.717, 1.165) is 4.47 Å². The van der Waals surface area contributed by atoms with Crippen molar-refractivity contribution < 1.29 is 0 Å². The van der Waals surface area contributed by atoms with Crippen LogP contribution in [0.15, 0.2) is 40.9 Å². The summed E-state index contributed by atoms with van der Waals surface area (Å²) in [7, 11) is 0. The molecule has 0 aliphatic carbocycles. The Bertz CT molecular complexity index is 573. The van der Waals surface area contributed by atoms with Crippen LogP contribution in [0.5, 0.6) is 0 Å². The number of hydrogen-bond acceptors (Lipinski definition) is 2. The first-order chi connectivity index (χ1) is 9.01. The monoisotopic (exact) mass is 318 g/mol. The Hall–Kier alpha value is -1.16. The van der Waals surface area contributed by atoms with Crippen molar-refractivity contribution in [1.29, 1.82) is 0 Å². The number of benzene rings is 2. The molecule has 0 aliphatic rings. The highest BCUT2D eigenvalue weighted by Crippen LogP contribution is 2.27. The zero-order valence-corrected chi connectivity index (χ0v) is 13.1. The summed E-state index contributed by atoms with van der Waals surface area (Å²) in [6, 6.07) is 12.8. The van der Waals surface area contributed by atoms with Crippen LogP contribution in [0.1, 0.15) is 33.9 Å². The third-order valence-electron chi connectivity index (χ3n) is 3.29. The second kappa shape index (κ2) is 5.87. The number of hydrogen-bond donors (Lipinski definition) is 2. The van der Waals surface area contributed by atoms with Crippen LogP contribution >= 0.6 is 15.9 Å². The molecule has 0 radical (unpaired) electrons. The Balaban J connectivity index is 2.49. The lowest BCUT2D eigenvalue weighted by Crippen LogP contribution is -2.29. The summed E-state index contributed by atoms with van der Waals surface area (Å²) in [5, 5.41) is 0. The Morgan fingerprint density at radius 2 is 1.63 bits per heavy atom. The van der Waals surface area contributed by atoms with Crippen LogP contribution in [-0.2, 0) is 0 Å². The van der Waals surface area contributed by atoms with Gasteiger partial charge in [0.1, 0.15) is 0 Å².